The van der Waals surface area contributed by atoms with E-state index in [4.69, 9.17) is 10.00 Å². The number of amides is 1. The largest absolute Gasteiger partial charge is 0.491 e. The van der Waals surface area contributed by atoms with Crippen molar-refractivity contribution in [3.8, 4) is 22.9 Å². The van der Waals surface area contributed by atoms with Crippen LogP contribution in [0.4, 0.5) is 0 Å². The summed E-state index contributed by atoms with van der Waals surface area (Å²) in [5.41, 5.74) is 3.93. The second-order valence-corrected chi connectivity index (χ2v) is 9.18. The Labute approximate surface area is 211 Å². The summed E-state index contributed by atoms with van der Waals surface area (Å²) in [5, 5.41) is 18.2. The fraction of sp³-hybridized carbons (Fsp3) is 0.300. The van der Waals surface area contributed by atoms with E-state index in [9.17, 15) is 14.7 Å². The first kappa shape index (κ1) is 25.0. The molecule has 184 valence electrons. The molecule has 36 heavy (non-hydrogen) atoms. The van der Waals surface area contributed by atoms with Gasteiger partial charge in [0, 0.05) is 6.54 Å². The Morgan fingerprint density at radius 2 is 1.64 bits per heavy atom. The van der Waals surface area contributed by atoms with Crippen LogP contribution in [-0.2, 0) is 16.0 Å². The number of hydrogen-bond acceptors (Lipinski definition) is 4. The van der Waals surface area contributed by atoms with Gasteiger partial charge in [0.1, 0.15) is 12.4 Å². The number of nitrogens with zero attached hydrogens (tertiary/aromatic N) is 2. The molecule has 6 nitrogen and oxygen atoms in total. The van der Waals surface area contributed by atoms with Crippen molar-refractivity contribution in [2.75, 3.05) is 13.2 Å². The molecule has 1 N–H and O–H groups in total. The van der Waals surface area contributed by atoms with Crippen molar-refractivity contribution in [1.82, 2.24) is 4.90 Å². The first-order valence-corrected chi connectivity index (χ1v) is 12.3. The maximum atomic E-state index is 13.0. The summed E-state index contributed by atoms with van der Waals surface area (Å²) in [5.74, 6) is -0.825. The SMILES string of the molecule is N#Cc1ccc(-c2ccc(OC[C@@H]3C[C@@H](CC(=O)O)C(=O)N3CCCCc3ccccc3)cc2)cc1. The number of carboxylic acid groups (broad SMARTS) is 1. The molecule has 3 aromatic carbocycles. The summed E-state index contributed by atoms with van der Waals surface area (Å²) < 4.78 is 6.04. The third kappa shape index (κ3) is 6.51. The summed E-state index contributed by atoms with van der Waals surface area (Å²) in [6.07, 6.45) is 3.12. The number of aryl methyl sites for hydroxylation is 1. The quantitative estimate of drug-likeness (QED) is 0.374. The van der Waals surface area contributed by atoms with Gasteiger partial charge in [-0.1, -0.05) is 54.6 Å². The van der Waals surface area contributed by atoms with Gasteiger partial charge in [-0.2, -0.15) is 5.26 Å². The molecule has 1 aliphatic rings. The number of likely N-dealkylation sites (tertiary alicyclic amines) is 1. The van der Waals surface area contributed by atoms with Crippen LogP contribution < -0.4 is 4.74 Å². The van der Waals surface area contributed by atoms with Crippen molar-refractivity contribution in [2.45, 2.75) is 38.1 Å². The molecule has 3 aromatic rings. The normalized spacial score (nSPS) is 17.1. The van der Waals surface area contributed by atoms with Crippen LogP contribution in [0.15, 0.2) is 78.9 Å². The summed E-state index contributed by atoms with van der Waals surface area (Å²) in [7, 11) is 0. The Morgan fingerprint density at radius 3 is 2.28 bits per heavy atom. The van der Waals surface area contributed by atoms with Crippen LogP contribution in [0.2, 0.25) is 0 Å². The molecule has 4 rings (SSSR count). The molecular formula is C30H30N2O4. The van der Waals surface area contributed by atoms with Crippen molar-refractivity contribution in [1.29, 1.82) is 5.26 Å². The minimum absolute atomic E-state index is 0.0816. The van der Waals surface area contributed by atoms with Crippen LogP contribution in [0.3, 0.4) is 0 Å². The zero-order valence-corrected chi connectivity index (χ0v) is 20.2. The Bertz CT molecular complexity index is 1200. The minimum atomic E-state index is -0.947. The summed E-state index contributed by atoms with van der Waals surface area (Å²) >= 11 is 0. The molecule has 0 spiro atoms. The number of ether oxygens (including phenoxy) is 1. The van der Waals surface area contributed by atoms with Crippen molar-refractivity contribution < 1.29 is 19.4 Å². The highest BCUT2D eigenvalue weighted by Crippen LogP contribution is 2.29. The van der Waals surface area contributed by atoms with Gasteiger partial charge in [0.15, 0.2) is 0 Å². The monoisotopic (exact) mass is 482 g/mol. The summed E-state index contributed by atoms with van der Waals surface area (Å²) in [6.45, 7) is 0.935. The van der Waals surface area contributed by atoms with E-state index in [2.05, 4.69) is 18.2 Å². The number of carbonyl (C=O) groups is 2. The van der Waals surface area contributed by atoms with E-state index in [1.807, 2.05) is 59.5 Å². The van der Waals surface area contributed by atoms with Crippen molar-refractivity contribution >= 4 is 11.9 Å². The van der Waals surface area contributed by atoms with E-state index in [1.54, 1.807) is 12.1 Å². The molecule has 1 amide bonds. The van der Waals surface area contributed by atoms with E-state index in [0.29, 0.717) is 30.9 Å². The van der Waals surface area contributed by atoms with Gasteiger partial charge >= 0.3 is 5.97 Å². The van der Waals surface area contributed by atoms with E-state index < -0.39 is 11.9 Å². The third-order valence-electron chi connectivity index (χ3n) is 6.65. The number of aliphatic carboxylic acids is 1. The molecule has 1 aliphatic heterocycles. The zero-order chi connectivity index (χ0) is 25.3. The fourth-order valence-corrected chi connectivity index (χ4v) is 4.73. The molecule has 2 atom stereocenters. The predicted octanol–water partition coefficient (Wildman–Crippen LogP) is 5.32. The van der Waals surface area contributed by atoms with Gasteiger partial charge in [-0.05, 0) is 66.6 Å². The smallest absolute Gasteiger partial charge is 0.304 e. The highest BCUT2D eigenvalue weighted by Gasteiger charge is 2.40. The van der Waals surface area contributed by atoms with Crippen LogP contribution in [-0.4, -0.2) is 41.1 Å². The van der Waals surface area contributed by atoms with E-state index in [-0.39, 0.29) is 18.4 Å². The lowest BCUT2D eigenvalue weighted by Gasteiger charge is -2.25. The van der Waals surface area contributed by atoms with Crippen molar-refractivity contribution in [3.63, 3.8) is 0 Å². The number of benzene rings is 3. The average Bonchev–Trinajstić information content (AvgIpc) is 3.19. The van der Waals surface area contributed by atoms with Crippen LogP contribution in [0.1, 0.15) is 36.8 Å². The van der Waals surface area contributed by atoms with Gasteiger partial charge in [-0.3, -0.25) is 9.59 Å². The Kier molecular flexibility index (Phi) is 8.36. The highest BCUT2D eigenvalue weighted by molar-refractivity contribution is 5.85. The lowest BCUT2D eigenvalue weighted by Crippen LogP contribution is -2.38. The molecule has 0 unspecified atom stereocenters. The first-order valence-electron chi connectivity index (χ1n) is 12.3. The van der Waals surface area contributed by atoms with E-state index in [1.165, 1.54) is 5.56 Å². The predicted molar refractivity (Wildman–Crippen MR) is 137 cm³/mol. The second-order valence-electron chi connectivity index (χ2n) is 9.18. The maximum Gasteiger partial charge on any atom is 0.304 e. The topological polar surface area (TPSA) is 90.6 Å². The molecule has 0 saturated carbocycles. The molecule has 1 fully saturated rings. The van der Waals surface area contributed by atoms with E-state index in [0.717, 1.165) is 30.4 Å². The van der Waals surface area contributed by atoms with Gasteiger partial charge < -0.3 is 14.7 Å². The molecule has 6 heteroatoms. The number of nitriles is 1. The van der Waals surface area contributed by atoms with Crippen LogP contribution in [0.25, 0.3) is 11.1 Å². The number of carboxylic acids is 1. The lowest BCUT2D eigenvalue weighted by atomic mass is 10.0. The van der Waals surface area contributed by atoms with Gasteiger partial charge in [-0.25, -0.2) is 0 Å². The Hall–Kier alpha value is -4.11. The molecule has 0 radical (unpaired) electrons. The number of rotatable bonds is 11. The standard InChI is InChI=1S/C30H30N2O4/c31-20-23-9-11-24(12-10-23)25-13-15-28(16-14-25)36-21-27-18-26(19-29(33)34)30(35)32(27)17-5-4-8-22-6-2-1-3-7-22/h1-3,6-7,9-16,26-27H,4-5,8,17-19,21H2,(H,33,34)/t26-,27-/m0/s1. The van der Waals surface area contributed by atoms with Crippen LogP contribution in [0.5, 0.6) is 5.75 Å². The molecule has 0 bridgehead atoms. The second kappa shape index (κ2) is 12.0. The average molecular weight is 483 g/mol. The van der Waals surface area contributed by atoms with Crippen LogP contribution >= 0.6 is 0 Å². The molecule has 1 heterocycles. The van der Waals surface area contributed by atoms with Crippen molar-refractivity contribution in [3.05, 3.63) is 90.0 Å². The van der Waals surface area contributed by atoms with Crippen LogP contribution in [0, 0.1) is 17.2 Å². The Morgan fingerprint density at radius 1 is 0.972 bits per heavy atom. The number of hydrogen-bond donors (Lipinski definition) is 1. The maximum absolute atomic E-state index is 13.0. The number of unbranched alkanes of at least 4 members (excludes halogenated alkanes) is 1. The molecular weight excluding hydrogens is 452 g/mol. The van der Waals surface area contributed by atoms with Gasteiger partial charge in [0.05, 0.1) is 30.0 Å². The van der Waals surface area contributed by atoms with Gasteiger partial charge in [0.2, 0.25) is 5.91 Å². The fourth-order valence-electron chi connectivity index (χ4n) is 4.73. The van der Waals surface area contributed by atoms with Gasteiger partial charge in [0.25, 0.3) is 0 Å². The van der Waals surface area contributed by atoms with Gasteiger partial charge in [-0.15, -0.1) is 0 Å². The summed E-state index contributed by atoms with van der Waals surface area (Å²) in [4.78, 5) is 26.1. The first-order chi connectivity index (χ1) is 17.5. The van der Waals surface area contributed by atoms with Crippen molar-refractivity contribution in [2.24, 2.45) is 5.92 Å². The molecule has 0 aliphatic carbocycles. The highest BCUT2D eigenvalue weighted by atomic mass is 16.5. The van der Waals surface area contributed by atoms with E-state index >= 15 is 0 Å². The minimum Gasteiger partial charge on any atom is -0.491 e. The number of carbonyl (C=O) groups excluding carboxylic acids is 1. The zero-order valence-electron chi connectivity index (χ0n) is 20.2. The Balaban J connectivity index is 1.34. The molecule has 0 aromatic heterocycles. The molecule has 1 saturated heterocycles. The lowest BCUT2D eigenvalue weighted by molar-refractivity contribution is -0.142. The summed E-state index contributed by atoms with van der Waals surface area (Å²) in [6, 6.07) is 27.4. The third-order valence-corrected chi connectivity index (χ3v) is 6.65.